The van der Waals surface area contributed by atoms with Crippen LogP contribution in [0.3, 0.4) is 0 Å². The topological polar surface area (TPSA) is 34.1 Å². The molecular weight excluding hydrogens is 268 g/mol. The smallest absolute Gasteiger partial charge is 0.132 e. The maximum atomic E-state index is 5.35. The summed E-state index contributed by atoms with van der Waals surface area (Å²) in [6, 6.07) is 12.9. The van der Waals surface area contributed by atoms with Crippen molar-refractivity contribution in [1.29, 1.82) is 0 Å². The minimum absolute atomic E-state index is 0.734. The first-order valence-corrected chi connectivity index (χ1v) is 7.66. The number of aromatic nitrogens is 1. The van der Waals surface area contributed by atoms with Crippen molar-refractivity contribution < 1.29 is 4.74 Å². The van der Waals surface area contributed by atoms with Crippen LogP contribution in [-0.2, 0) is 6.54 Å². The SMILES string of the molecule is COc1ccccc1Sc1ccc(CNC2CC2)cn1. The molecule has 2 aromatic rings. The highest BCUT2D eigenvalue weighted by Crippen LogP contribution is 2.33. The second kappa shape index (κ2) is 6.29. The van der Waals surface area contributed by atoms with Gasteiger partial charge in [-0.2, -0.15) is 0 Å². The summed E-state index contributed by atoms with van der Waals surface area (Å²) >= 11 is 1.63. The Bertz CT molecular complexity index is 567. The molecule has 104 valence electrons. The first-order valence-electron chi connectivity index (χ1n) is 6.84. The minimum Gasteiger partial charge on any atom is -0.496 e. The third-order valence-electron chi connectivity index (χ3n) is 3.25. The molecule has 1 aromatic carbocycles. The van der Waals surface area contributed by atoms with E-state index in [1.165, 1.54) is 18.4 Å². The standard InChI is InChI=1S/C16H18N2OS/c1-19-14-4-2-3-5-15(14)20-16-9-6-12(11-18-16)10-17-13-7-8-13/h2-6,9,11,13,17H,7-8,10H2,1H3. The van der Waals surface area contributed by atoms with Crippen LogP contribution in [0.15, 0.2) is 52.5 Å². The molecule has 1 saturated carbocycles. The summed E-state index contributed by atoms with van der Waals surface area (Å²) in [6.07, 6.45) is 4.58. The molecule has 0 spiro atoms. The van der Waals surface area contributed by atoms with E-state index in [1.54, 1.807) is 18.9 Å². The second-order valence-corrected chi connectivity index (χ2v) is 5.98. The highest BCUT2D eigenvalue weighted by molar-refractivity contribution is 7.99. The molecule has 1 heterocycles. The van der Waals surface area contributed by atoms with E-state index in [0.29, 0.717) is 0 Å². The zero-order valence-electron chi connectivity index (χ0n) is 11.5. The van der Waals surface area contributed by atoms with Crippen molar-refractivity contribution >= 4 is 11.8 Å². The second-order valence-electron chi connectivity index (χ2n) is 4.91. The number of nitrogens with zero attached hydrogens (tertiary/aromatic N) is 1. The number of hydrogen-bond donors (Lipinski definition) is 1. The van der Waals surface area contributed by atoms with Gasteiger partial charge >= 0.3 is 0 Å². The summed E-state index contributed by atoms with van der Waals surface area (Å²) in [5.74, 6) is 0.888. The van der Waals surface area contributed by atoms with Gasteiger partial charge in [-0.15, -0.1) is 0 Å². The Balaban J connectivity index is 1.64. The molecule has 4 heteroatoms. The largest absolute Gasteiger partial charge is 0.496 e. The predicted molar refractivity (Wildman–Crippen MR) is 81.2 cm³/mol. The number of nitrogens with one attached hydrogen (secondary N) is 1. The fourth-order valence-corrected chi connectivity index (χ4v) is 2.81. The van der Waals surface area contributed by atoms with Crippen LogP contribution in [0.4, 0.5) is 0 Å². The summed E-state index contributed by atoms with van der Waals surface area (Å²) in [7, 11) is 1.69. The molecule has 0 saturated heterocycles. The molecule has 0 amide bonds. The van der Waals surface area contributed by atoms with E-state index in [9.17, 15) is 0 Å². The summed E-state index contributed by atoms with van der Waals surface area (Å²) < 4.78 is 5.35. The number of benzene rings is 1. The first-order chi connectivity index (χ1) is 9.85. The van der Waals surface area contributed by atoms with Crippen molar-refractivity contribution in [2.24, 2.45) is 0 Å². The number of methoxy groups -OCH3 is 1. The lowest BCUT2D eigenvalue weighted by atomic mass is 10.3. The molecular formula is C16H18N2OS. The van der Waals surface area contributed by atoms with Gasteiger partial charge in [0.1, 0.15) is 10.8 Å². The average molecular weight is 286 g/mol. The van der Waals surface area contributed by atoms with Gasteiger partial charge < -0.3 is 10.1 Å². The number of hydrogen-bond acceptors (Lipinski definition) is 4. The van der Waals surface area contributed by atoms with Gasteiger partial charge in [-0.3, -0.25) is 0 Å². The molecule has 1 fully saturated rings. The zero-order valence-corrected chi connectivity index (χ0v) is 12.3. The molecule has 0 aliphatic heterocycles. The summed E-state index contributed by atoms with van der Waals surface area (Å²) in [4.78, 5) is 5.60. The van der Waals surface area contributed by atoms with E-state index in [-0.39, 0.29) is 0 Å². The summed E-state index contributed by atoms with van der Waals surface area (Å²) in [5.41, 5.74) is 1.24. The van der Waals surface area contributed by atoms with Crippen LogP contribution >= 0.6 is 11.8 Å². The normalized spacial score (nSPS) is 14.2. The Morgan fingerprint density at radius 1 is 1.25 bits per heavy atom. The monoisotopic (exact) mass is 286 g/mol. The molecule has 1 aliphatic carbocycles. The highest BCUT2D eigenvalue weighted by atomic mass is 32.2. The maximum absolute atomic E-state index is 5.35. The van der Waals surface area contributed by atoms with Crippen LogP contribution in [-0.4, -0.2) is 18.1 Å². The van der Waals surface area contributed by atoms with Gasteiger partial charge in [-0.05, 0) is 36.6 Å². The number of para-hydroxylation sites is 1. The lowest BCUT2D eigenvalue weighted by Crippen LogP contribution is -2.15. The quantitative estimate of drug-likeness (QED) is 0.881. The number of ether oxygens (including phenoxy) is 1. The van der Waals surface area contributed by atoms with Gasteiger partial charge in [0.25, 0.3) is 0 Å². The Hall–Kier alpha value is -1.52. The van der Waals surface area contributed by atoms with Crippen LogP contribution in [0, 0.1) is 0 Å². The Morgan fingerprint density at radius 3 is 2.80 bits per heavy atom. The average Bonchev–Trinajstić information content (AvgIpc) is 3.31. The van der Waals surface area contributed by atoms with E-state index in [0.717, 1.165) is 28.3 Å². The molecule has 0 radical (unpaired) electrons. The van der Waals surface area contributed by atoms with E-state index in [1.807, 2.05) is 30.5 Å². The van der Waals surface area contributed by atoms with Crippen LogP contribution < -0.4 is 10.1 Å². The van der Waals surface area contributed by atoms with E-state index in [2.05, 4.69) is 22.4 Å². The fourth-order valence-electron chi connectivity index (χ4n) is 1.94. The molecule has 0 atom stereocenters. The third kappa shape index (κ3) is 3.52. The van der Waals surface area contributed by atoms with Gasteiger partial charge in [-0.25, -0.2) is 4.98 Å². The minimum atomic E-state index is 0.734. The molecule has 0 bridgehead atoms. The maximum Gasteiger partial charge on any atom is 0.132 e. The predicted octanol–water partition coefficient (Wildman–Crippen LogP) is 3.49. The van der Waals surface area contributed by atoms with Gasteiger partial charge in [0.05, 0.1) is 12.0 Å². The van der Waals surface area contributed by atoms with Crippen molar-refractivity contribution in [3.05, 3.63) is 48.2 Å². The molecule has 3 nitrogen and oxygen atoms in total. The van der Waals surface area contributed by atoms with Crippen LogP contribution in [0.1, 0.15) is 18.4 Å². The summed E-state index contributed by atoms with van der Waals surface area (Å²) in [5, 5.41) is 4.48. The van der Waals surface area contributed by atoms with Crippen molar-refractivity contribution in [2.45, 2.75) is 35.3 Å². The van der Waals surface area contributed by atoms with E-state index in [4.69, 9.17) is 4.74 Å². The van der Waals surface area contributed by atoms with Crippen LogP contribution in [0.5, 0.6) is 5.75 Å². The Kier molecular flexibility index (Phi) is 4.23. The van der Waals surface area contributed by atoms with Crippen molar-refractivity contribution in [3.63, 3.8) is 0 Å². The van der Waals surface area contributed by atoms with E-state index < -0.39 is 0 Å². The summed E-state index contributed by atoms with van der Waals surface area (Å²) in [6.45, 7) is 0.914. The van der Waals surface area contributed by atoms with Crippen molar-refractivity contribution in [3.8, 4) is 5.75 Å². The van der Waals surface area contributed by atoms with E-state index >= 15 is 0 Å². The van der Waals surface area contributed by atoms with Gasteiger partial charge in [-0.1, -0.05) is 30.0 Å². The van der Waals surface area contributed by atoms with Crippen molar-refractivity contribution in [2.75, 3.05) is 7.11 Å². The lowest BCUT2D eigenvalue weighted by molar-refractivity contribution is 0.405. The highest BCUT2D eigenvalue weighted by Gasteiger charge is 2.19. The fraction of sp³-hybridized carbons (Fsp3) is 0.312. The number of rotatable bonds is 6. The van der Waals surface area contributed by atoms with Gasteiger partial charge in [0.2, 0.25) is 0 Å². The third-order valence-corrected chi connectivity index (χ3v) is 4.26. The molecule has 0 unspecified atom stereocenters. The molecule has 1 aliphatic rings. The van der Waals surface area contributed by atoms with Crippen LogP contribution in [0.2, 0.25) is 0 Å². The first kappa shape index (κ1) is 13.5. The molecule has 20 heavy (non-hydrogen) atoms. The van der Waals surface area contributed by atoms with Gasteiger partial charge in [0.15, 0.2) is 0 Å². The van der Waals surface area contributed by atoms with Gasteiger partial charge in [0, 0.05) is 18.8 Å². The lowest BCUT2D eigenvalue weighted by Gasteiger charge is -2.07. The molecule has 1 aromatic heterocycles. The molecule has 3 rings (SSSR count). The molecule has 1 N–H and O–H groups in total. The number of pyridine rings is 1. The zero-order chi connectivity index (χ0) is 13.8. The Morgan fingerprint density at radius 2 is 2.10 bits per heavy atom. The van der Waals surface area contributed by atoms with Crippen LogP contribution in [0.25, 0.3) is 0 Å². The van der Waals surface area contributed by atoms with Crippen molar-refractivity contribution in [1.82, 2.24) is 10.3 Å². The Labute approximate surface area is 123 Å².